The van der Waals surface area contributed by atoms with Crippen LogP contribution in [0.25, 0.3) is 5.69 Å². The van der Waals surface area contributed by atoms with Gasteiger partial charge in [0.15, 0.2) is 0 Å². The van der Waals surface area contributed by atoms with E-state index in [1.807, 2.05) is 47.2 Å². The first-order valence-corrected chi connectivity index (χ1v) is 4.19. The van der Waals surface area contributed by atoms with Crippen molar-refractivity contribution in [3.8, 4) is 5.69 Å². The topological polar surface area (TPSA) is 22.0 Å². The third-order valence-corrected chi connectivity index (χ3v) is 2.39. The average Bonchev–Trinajstić information content (AvgIpc) is 2.72. The van der Waals surface area contributed by atoms with E-state index in [0.717, 1.165) is 16.9 Å². The highest BCUT2D eigenvalue weighted by molar-refractivity contribution is 6.13. The van der Waals surface area contributed by atoms with Crippen molar-refractivity contribution in [2.45, 2.75) is 0 Å². The molecule has 0 unspecified atom stereocenters. The number of carbonyl (C=O) groups excluding carboxylic acids is 1. The Labute approximate surface area is 75.4 Å². The number of fused-ring (bicyclic) bond motifs is 3. The van der Waals surface area contributed by atoms with Crippen LogP contribution in [0.5, 0.6) is 0 Å². The Morgan fingerprint density at radius 1 is 1.00 bits per heavy atom. The van der Waals surface area contributed by atoms with Crippen molar-refractivity contribution in [3.63, 3.8) is 0 Å². The van der Waals surface area contributed by atoms with Crippen LogP contribution in [-0.4, -0.2) is 10.4 Å². The molecule has 0 saturated heterocycles. The molecule has 62 valence electrons. The predicted molar refractivity (Wildman–Crippen MR) is 49.2 cm³/mol. The summed E-state index contributed by atoms with van der Waals surface area (Å²) in [6.45, 7) is 0. The number of carbonyl (C=O) groups is 1. The minimum absolute atomic E-state index is 0.126. The maximum atomic E-state index is 11.7. The second-order valence-corrected chi connectivity index (χ2v) is 3.11. The van der Waals surface area contributed by atoms with E-state index in [9.17, 15) is 4.79 Å². The number of nitrogens with zero attached hydrogens (tertiary/aromatic N) is 1. The molecule has 0 atom stereocenters. The van der Waals surface area contributed by atoms with Gasteiger partial charge in [-0.3, -0.25) is 4.79 Å². The van der Waals surface area contributed by atoms with Crippen molar-refractivity contribution in [2.24, 2.45) is 0 Å². The van der Waals surface area contributed by atoms with Gasteiger partial charge in [0.1, 0.15) is 0 Å². The van der Waals surface area contributed by atoms with E-state index < -0.39 is 0 Å². The van der Waals surface area contributed by atoms with E-state index in [-0.39, 0.29) is 5.78 Å². The minimum Gasteiger partial charge on any atom is -0.313 e. The van der Waals surface area contributed by atoms with Crippen LogP contribution in [0.1, 0.15) is 16.1 Å². The number of ketones is 1. The summed E-state index contributed by atoms with van der Waals surface area (Å²) < 4.78 is 1.93. The zero-order valence-electron chi connectivity index (χ0n) is 6.90. The Morgan fingerprint density at radius 3 is 2.77 bits per heavy atom. The van der Waals surface area contributed by atoms with Gasteiger partial charge in [0.05, 0.1) is 11.4 Å². The number of rotatable bonds is 0. The molecule has 1 aromatic heterocycles. The van der Waals surface area contributed by atoms with E-state index in [2.05, 4.69) is 0 Å². The van der Waals surface area contributed by atoms with Crippen molar-refractivity contribution in [3.05, 3.63) is 53.9 Å². The van der Waals surface area contributed by atoms with Gasteiger partial charge in [-0.25, -0.2) is 0 Å². The van der Waals surface area contributed by atoms with E-state index in [0.29, 0.717) is 0 Å². The fourth-order valence-corrected chi connectivity index (χ4v) is 1.79. The van der Waals surface area contributed by atoms with Gasteiger partial charge in [0, 0.05) is 11.8 Å². The smallest absolute Gasteiger partial charge is 0.211 e. The zero-order chi connectivity index (χ0) is 8.84. The largest absolute Gasteiger partial charge is 0.313 e. The lowest BCUT2D eigenvalue weighted by Gasteiger charge is -1.97. The summed E-state index contributed by atoms with van der Waals surface area (Å²) >= 11 is 0. The molecular weight excluding hydrogens is 162 g/mol. The summed E-state index contributed by atoms with van der Waals surface area (Å²) in [5.74, 6) is 0.126. The molecule has 2 heterocycles. The molecule has 1 aliphatic rings. The predicted octanol–water partition coefficient (Wildman–Crippen LogP) is 2.02. The number of hydrogen-bond acceptors (Lipinski definition) is 1. The van der Waals surface area contributed by atoms with Gasteiger partial charge in [0.25, 0.3) is 0 Å². The molecule has 0 N–H and O–H groups in total. The third-order valence-electron chi connectivity index (χ3n) is 2.39. The number of benzene rings is 1. The van der Waals surface area contributed by atoms with Crippen LogP contribution in [-0.2, 0) is 0 Å². The van der Waals surface area contributed by atoms with Crippen molar-refractivity contribution in [2.75, 3.05) is 0 Å². The van der Waals surface area contributed by atoms with Crippen molar-refractivity contribution < 1.29 is 4.79 Å². The lowest BCUT2D eigenvalue weighted by atomic mass is 10.1. The normalized spacial score (nSPS) is 12.8. The Hall–Kier alpha value is -1.83. The van der Waals surface area contributed by atoms with Crippen LogP contribution in [0.3, 0.4) is 0 Å². The molecule has 0 spiro atoms. The van der Waals surface area contributed by atoms with Gasteiger partial charge in [-0.2, -0.15) is 0 Å². The van der Waals surface area contributed by atoms with Crippen LogP contribution >= 0.6 is 0 Å². The second-order valence-electron chi connectivity index (χ2n) is 3.11. The first-order valence-electron chi connectivity index (χ1n) is 4.19. The van der Waals surface area contributed by atoms with Crippen LogP contribution < -0.4 is 0 Å². The average molecular weight is 169 g/mol. The highest BCUT2D eigenvalue weighted by Crippen LogP contribution is 2.27. The molecule has 2 heteroatoms. The molecule has 1 aromatic carbocycles. The lowest BCUT2D eigenvalue weighted by Crippen LogP contribution is -1.93. The van der Waals surface area contributed by atoms with Gasteiger partial charge in [0.2, 0.25) is 5.78 Å². The SMILES string of the molecule is O=C1c2ccccc2-n2cccc21. The molecule has 0 radical (unpaired) electrons. The Balaban J connectivity index is 2.43. The zero-order valence-corrected chi connectivity index (χ0v) is 6.90. The molecule has 0 amide bonds. The molecule has 13 heavy (non-hydrogen) atoms. The molecule has 0 bridgehead atoms. The summed E-state index contributed by atoms with van der Waals surface area (Å²) in [6, 6.07) is 11.4. The quantitative estimate of drug-likeness (QED) is 0.504. The molecule has 1 aliphatic heterocycles. The van der Waals surface area contributed by atoms with Crippen LogP contribution in [0.15, 0.2) is 42.6 Å². The van der Waals surface area contributed by atoms with Gasteiger partial charge in [-0.15, -0.1) is 0 Å². The molecule has 2 aromatic rings. The fourth-order valence-electron chi connectivity index (χ4n) is 1.79. The van der Waals surface area contributed by atoms with Crippen molar-refractivity contribution in [1.82, 2.24) is 4.57 Å². The minimum atomic E-state index is 0.126. The highest BCUT2D eigenvalue weighted by atomic mass is 16.1. The van der Waals surface area contributed by atoms with Gasteiger partial charge in [-0.1, -0.05) is 12.1 Å². The summed E-state index contributed by atoms with van der Waals surface area (Å²) in [5.41, 5.74) is 2.56. The molecule has 0 fully saturated rings. The first kappa shape index (κ1) is 6.66. The molecule has 2 nitrogen and oxygen atoms in total. The Kier molecular flexibility index (Phi) is 1.08. The summed E-state index contributed by atoms with van der Waals surface area (Å²) in [5, 5.41) is 0. The summed E-state index contributed by atoms with van der Waals surface area (Å²) in [6.07, 6.45) is 1.92. The van der Waals surface area contributed by atoms with E-state index >= 15 is 0 Å². The Morgan fingerprint density at radius 2 is 1.85 bits per heavy atom. The molecule has 0 aliphatic carbocycles. The van der Waals surface area contributed by atoms with E-state index in [4.69, 9.17) is 0 Å². The summed E-state index contributed by atoms with van der Waals surface area (Å²) in [4.78, 5) is 11.7. The number of aromatic nitrogens is 1. The van der Waals surface area contributed by atoms with Crippen LogP contribution in [0.2, 0.25) is 0 Å². The molecule has 0 saturated carbocycles. The van der Waals surface area contributed by atoms with Crippen LogP contribution in [0, 0.1) is 0 Å². The Bertz CT molecular complexity index is 496. The van der Waals surface area contributed by atoms with Crippen LogP contribution in [0.4, 0.5) is 0 Å². The maximum Gasteiger partial charge on any atom is 0.211 e. The van der Waals surface area contributed by atoms with Gasteiger partial charge < -0.3 is 4.57 Å². The molecule has 3 rings (SSSR count). The number of para-hydroxylation sites is 1. The van der Waals surface area contributed by atoms with E-state index in [1.165, 1.54) is 0 Å². The highest BCUT2D eigenvalue weighted by Gasteiger charge is 2.24. The lowest BCUT2D eigenvalue weighted by molar-refractivity contribution is 0.104. The monoisotopic (exact) mass is 169 g/mol. The standard InChI is InChI=1S/C11H7NO/c13-11-8-4-1-2-5-9(8)12-7-3-6-10(11)12/h1-7H. The van der Waals surface area contributed by atoms with Gasteiger partial charge in [-0.05, 0) is 24.3 Å². The number of hydrogen-bond donors (Lipinski definition) is 0. The summed E-state index contributed by atoms with van der Waals surface area (Å²) in [7, 11) is 0. The van der Waals surface area contributed by atoms with Crippen molar-refractivity contribution >= 4 is 5.78 Å². The molecular formula is C11H7NO. The fraction of sp³-hybridized carbons (Fsp3) is 0. The van der Waals surface area contributed by atoms with E-state index in [1.54, 1.807) is 0 Å². The van der Waals surface area contributed by atoms with Gasteiger partial charge >= 0.3 is 0 Å². The first-order chi connectivity index (χ1) is 6.38. The second kappa shape index (κ2) is 2.10. The maximum absolute atomic E-state index is 11.7. The third kappa shape index (κ3) is 0.699. The van der Waals surface area contributed by atoms with Crippen molar-refractivity contribution in [1.29, 1.82) is 0 Å².